The van der Waals surface area contributed by atoms with Crippen LogP contribution in [-0.4, -0.2) is 9.55 Å². The van der Waals surface area contributed by atoms with Gasteiger partial charge in [-0.1, -0.05) is 26.2 Å². The van der Waals surface area contributed by atoms with E-state index >= 15 is 0 Å². The van der Waals surface area contributed by atoms with E-state index in [9.17, 15) is 0 Å². The van der Waals surface area contributed by atoms with Gasteiger partial charge in [-0.3, -0.25) is 0 Å². The molecule has 0 aliphatic carbocycles. The molecule has 0 fully saturated rings. The molecule has 0 radical (unpaired) electrons. The lowest BCUT2D eigenvalue weighted by atomic mass is 10.1. The van der Waals surface area contributed by atoms with Gasteiger partial charge in [0.25, 0.3) is 0 Å². The molecule has 2 nitrogen and oxygen atoms in total. The number of unbranched alkanes of at least 4 members (excludes halogenated alkanes) is 3. The largest absolute Gasteiger partial charge is 0.335 e. The first-order chi connectivity index (χ1) is 6.25. The molecule has 1 aromatic heterocycles. The highest BCUT2D eigenvalue weighted by Crippen LogP contribution is 2.08. The third-order valence-corrected chi connectivity index (χ3v) is 2.60. The van der Waals surface area contributed by atoms with Crippen molar-refractivity contribution in [1.82, 2.24) is 9.55 Å². The van der Waals surface area contributed by atoms with Crippen LogP contribution in [0.25, 0.3) is 0 Å². The van der Waals surface area contributed by atoms with E-state index in [1.54, 1.807) is 0 Å². The highest BCUT2D eigenvalue weighted by atomic mass is 15.0. The van der Waals surface area contributed by atoms with Crippen molar-refractivity contribution in [2.75, 3.05) is 0 Å². The summed E-state index contributed by atoms with van der Waals surface area (Å²) in [5.41, 5.74) is 1.37. The molecule has 0 aliphatic heterocycles. The molecule has 0 aromatic carbocycles. The topological polar surface area (TPSA) is 17.8 Å². The van der Waals surface area contributed by atoms with Crippen molar-refractivity contribution in [3.63, 3.8) is 0 Å². The maximum absolute atomic E-state index is 4.28. The van der Waals surface area contributed by atoms with E-state index in [-0.39, 0.29) is 0 Å². The molecule has 0 spiro atoms. The minimum absolute atomic E-state index is 1.12. The molecular weight excluding hydrogens is 160 g/mol. The van der Waals surface area contributed by atoms with Crippen molar-refractivity contribution < 1.29 is 0 Å². The average molecular weight is 180 g/mol. The van der Waals surface area contributed by atoms with Gasteiger partial charge in [0.05, 0.1) is 0 Å². The van der Waals surface area contributed by atoms with Crippen molar-refractivity contribution in [3.8, 4) is 0 Å². The summed E-state index contributed by atoms with van der Waals surface area (Å²) < 4.78 is 2.19. The van der Waals surface area contributed by atoms with Crippen LogP contribution < -0.4 is 0 Å². The number of hydrogen-bond donors (Lipinski definition) is 0. The standard InChI is InChI=1S/C11H20N2/c1-4-5-6-7-8-11-9-12-10(2)13(11)3/h9H,4-8H2,1-3H3. The summed E-state index contributed by atoms with van der Waals surface area (Å²) in [5, 5.41) is 0. The monoisotopic (exact) mass is 180 g/mol. The Hall–Kier alpha value is -0.790. The molecule has 74 valence electrons. The van der Waals surface area contributed by atoms with E-state index in [1.807, 2.05) is 6.20 Å². The molecule has 0 saturated carbocycles. The Balaban J connectivity index is 2.32. The van der Waals surface area contributed by atoms with Crippen LogP contribution in [0, 0.1) is 6.92 Å². The van der Waals surface area contributed by atoms with Gasteiger partial charge in [0.2, 0.25) is 0 Å². The normalized spacial score (nSPS) is 10.7. The summed E-state index contributed by atoms with van der Waals surface area (Å²) in [6, 6.07) is 0. The lowest BCUT2D eigenvalue weighted by Gasteiger charge is -2.02. The molecule has 0 saturated heterocycles. The second-order valence-corrected chi connectivity index (χ2v) is 3.67. The van der Waals surface area contributed by atoms with E-state index < -0.39 is 0 Å². The van der Waals surface area contributed by atoms with Gasteiger partial charge in [0, 0.05) is 18.9 Å². The van der Waals surface area contributed by atoms with E-state index in [2.05, 4.69) is 30.4 Å². The quantitative estimate of drug-likeness (QED) is 0.637. The van der Waals surface area contributed by atoms with Crippen LogP contribution in [0.15, 0.2) is 6.20 Å². The molecule has 1 aromatic rings. The third kappa shape index (κ3) is 2.87. The summed E-state index contributed by atoms with van der Waals surface area (Å²) >= 11 is 0. The predicted octanol–water partition coefficient (Wildman–Crippen LogP) is 2.85. The maximum atomic E-state index is 4.28. The van der Waals surface area contributed by atoms with Crippen molar-refractivity contribution >= 4 is 0 Å². The molecule has 1 rings (SSSR count). The highest BCUT2D eigenvalue weighted by Gasteiger charge is 2.01. The molecule has 0 N–H and O–H groups in total. The molecule has 0 amide bonds. The van der Waals surface area contributed by atoms with Crippen LogP contribution in [-0.2, 0) is 13.5 Å². The first kappa shape index (κ1) is 10.3. The van der Waals surface area contributed by atoms with E-state index in [0.717, 1.165) is 5.82 Å². The average Bonchev–Trinajstić information content (AvgIpc) is 2.43. The fraction of sp³-hybridized carbons (Fsp3) is 0.727. The Bertz CT molecular complexity index is 251. The third-order valence-electron chi connectivity index (χ3n) is 2.60. The Morgan fingerprint density at radius 1 is 1.31 bits per heavy atom. The Morgan fingerprint density at radius 2 is 2.08 bits per heavy atom. The van der Waals surface area contributed by atoms with Gasteiger partial charge in [0.15, 0.2) is 0 Å². The predicted molar refractivity (Wildman–Crippen MR) is 55.8 cm³/mol. The number of nitrogens with zero attached hydrogens (tertiary/aromatic N) is 2. The van der Waals surface area contributed by atoms with Crippen LogP contribution >= 0.6 is 0 Å². The molecule has 0 aliphatic rings. The van der Waals surface area contributed by atoms with Crippen molar-refractivity contribution in [2.45, 2.75) is 46.0 Å². The summed E-state index contributed by atoms with van der Waals surface area (Å²) in [4.78, 5) is 4.28. The van der Waals surface area contributed by atoms with E-state index in [4.69, 9.17) is 0 Å². The lowest BCUT2D eigenvalue weighted by Crippen LogP contribution is -1.98. The fourth-order valence-corrected chi connectivity index (χ4v) is 1.51. The molecule has 1 heterocycles. The highest BCUT2D eigenvalue weighted by molar-refractivity contribution is 5.03. The lowest BCUT2D eigenvalue weighted by molar-refractivity contribution is 0.646. The summed E-state index contributed by atoms with van der Waals surface area (Å²) in [6.45, 7) is 4.30. The van der Waals surface area contributed by atoms with Gasteiger partial charge in [0.1, 0.15) is 5.82 Å². The first-order valence-electron chi connectivity index (χ1n) is 5.23. The maximum Gasteiger partial charge on any atom is 0.105 e. The molecule has 13 heavy (non-hydrogen) atoms. The zero-order valence-corrected chi connectivity index (χ0v) is 9.01. The molecule has 0 bridgehead atoms. The summed E-state index contributed by atoms with van der Waals surface area (Å²) in [5.74, 6) is 1.12. The molecule has 2 heteroatoms. The second kappa shape index (κ2) is 5.05. The smallest absolute Gasteiger partial charge is 0.105 e. The van der Waals surface area contributed by atoms with Gasteiger partial charge < -0.3 is 4.57 Å². The first-order valence-corrected chi connectivity index (χ1v) is 5.23. The van der Waals surface area contributed by atoms with E-state index in [1.165, 1.54) is 37.8 Å². The van der Waals surface area contributed by atoms with Crippen LogP contribution in [0.5, 0.6) is 0 Å². The number of rotatable bonds is 5. The zero-order chi connectivity index (χ0) is 9.68. The second-order valence-electron chi connectivity index (χ2n) is 3.67. The minimum Gasteiger partial charge on any atom is -0.335 e. The number of aryl methyl sites for hydroxylation is 2. The van der Waals surface area contributed by atoms with Gasteiger partial charge in [-0.15, -0.1) is 0 Å². The minimum atomic E-state index is 1.12. The van der Waals surface area contributed by atoms with Crippen LogP contribution in [0.1, 0.15) is 44.1 Å². The number of hydrogen-bond acceptors (Lipinski definition) is 1. The van der Waals surface area contributed by atoms with Gasteiger partial charge >= 0.3 is 0 Å². The van der Waals surface area contributed by atoms with Crippen LogP contribution in [0.4, 0.5) is 0 Å². The fourth-order valence-electron chi connectivity index (χ4n) is 1.51. The summed E-state index contributed by atoms with van der Waals surface area (Å²) in [6.07, 6.45) is 8.49. The molecule has 0 unspecified atom stereocenters. The molecule has 0 atom stereocenters. The Labute approximate surface area is 81.0 Å². The Morgan fingerprint density at radius 3 is 2.62 bits per heavy atom. The zero-order valence-electron chi connectivity index (χ0n) is 9.01. The number of imidazole rings is 1. The van der Waals surface area contributed by atoms with Gasteiger partial charge in [-0.25, -0.2) is 4.98 Å². The Kier molecular flexibility index (Phi) is 4.00. The van der Waals surface area contributed by atoms with Crippen molar-refractivity contribution in [1.29, 1.82) is 0 Å². The number of aromatic nitrogens is 2. The van der Waals surface area contributed by atoms with E-state index in [0.29, 0.717) is 0 Å². The van der Waals surface area contributed by atoms with Gasteiger partial charge in [-0.2, -0.15) is 0 Å². The summed E-state index contributed by atoms with van der Waals surface area (Å²) in [7, 11) is 2.09. The van der Waals surface area contributed by atoms with Crippen LogP contribution in [0.2, 0.25) is 0 Å². The molecular formula is C11H20N2. The van der Waals surface area contributed by atoms with Crippen molar-refractivity contribution in [3.05, 3.63) is 17.7 Å². The van der Waals surface area contributed by atoms with Crippen LogP contribution in [0.3, 0.4) is 0 Å². The van der Waals surface area contributed by atoms with Crippen molar-refractivity contribution in [2.24, 2.45) is 7.05 Å². The SMILES string of the molecule is CCCCCCc1cnc(C)n1C. The van der Waals surface area contributed by atoms with Gasteiger partial charge in [-0.05, 0) is 19.8 Å².